The van der Waals surface area contributed by atoms with Crippen molar-refractivity contribution in [3.63, 3.8) is 0 Å². The molecule has 3 aliphatic rings. The maximum Gasteiger partial charge on any atom is 0.255 e. The van der Waals surface area contributed by atoms with Gasteiger partial charge in [0.15, 0.2) is 17.0 Å². The third kappa shape index (κ3) is 3.18. The predicted molar refractivity (Wildman–Crippen MR) is 144 cm³/mol. The van der Waals surface area contributed by atoms with E-state index in [9.17, 15) is 35.0 Å². The lowest BCUT2D eigenvalue weighted by atomic mass is 9.47. The molecule has 1 fully saturated rings. The lowest BCUT2D eigenvalue weighted by Crippen LogP contribution is -2.80. The highest BCUT2D eigenvalue weighted by Crippen LogP contribution is 2.58. The molecule has 1 amide bonds. The maximum atomic E-state index is 14.4. The first-order valence-corrected chi connectivity index (χ1v) is 12.5. The normalized spacial score (nSPS) is 29.6. The van der Waals surface area contributed by atoms with E-state index >= 15 is 0 Å². The van der Waals surface area contributed by atoms with Gasteiger partial charge in [0, 0.05) is 0 Å². The van der Waals surface area contributed by atoms with E-state index in [4.69, 9.17) is 17.2 Å². The summed E-state index contributed by atoms with van der Waals surface area (Å²) in [5.41, 5.74) is 14.1. The summed E-state index contributed by atoms with van der Waals surface area (Å²) in [5, 5.41) is 44.1. The second-order valence-electron chi connectivity index (χ2n) is 11.1. The van der Waals surface area contributed by atoms with Crippen LogP contribution in [0.4, 0.5) is 0 Å². The van der Waals surface area contributed by atoms with Crippen LogP contribution in [0, 0.1) is 23.7 Å². The quantitative estimate of drug-likeness (QED) is 0.300. The number of amides is 1. The Hall–Kier alpha value is -4.50. The average molecular weight is 544 g/mol. The van der Waals surface area contributed by atoms with Gasteiger partial charge in [-0.3, -0.25) is 19.3 Å². The van der Waals surface area contributed by atoms with Gasteiger partial charge in [-0.15, -0.1) is 0 Å². The molecular weight excluding hydrogens is 514 g/mol. The number of aliphatic hydroxyl groups is 2. The standard InChI is InChI=1S/C29H29N5O6/c1-13-4-6-14(7-5-13)15-8-9-17(35)18-16(15)10-27(32)11-29(33)23(34(2)3)22(37)19(26(31)40)24(38)28(29,12-30)25(39)20(27)21(18)36/h4-9,23,35-36,38H,10-11,32-33H2,1-3H3,(H2,31,40)/t23-,27-,28+,29-/m1/s1. The number of nitriles is 1. The molecule has 9 N–H and O–H groups in total. The molecule has 2 aromatic carbocycles. The molecule has 11 heteroatoms. The zero-order valence-electron chi connectivity index (χ0n) is 22.1. The molecule has 5 rings (SSSR count). The predicted octanol–water partition coefficient (Wildman–Crippen LogP) is 0.881. The average Bonchev–Trinajstić information content (AvgIpc) is 2.83. The largest absolute Gasteiger partial charge is 0.509 e. The molecule has 40 heavy (non-hydrogen) atoms. The number of phenols is 1. The van der Waals surface area contributed by atoms with Crippen LogP contribution >= 0.6 is 0 Å². The molecule has 206 valence electrons. The molecule has 0 aliphatic heterocycles. The monoisotopic (exact) mass is 543 g/mol. The summed E-state index contributed by atoms with van der Waals surface area (Å²) in [4.78, 5) is 41.5. The number of benzene rings is 2. The van der Waals surface area contributed by atoms with Crippen LogP contribution in [0.5, 0.6) is 5.75 Å². The van der Waals surface area contributed by atoms with Gasteiger partial charge in [-0.25, -0.2) is 0 Å². The van der Waals surface area contributed by atoms with Crippen LogP contribution in [-0.4, -0.2) is 68.9 Å². The van der Waals surface area contributed by atoms with Crippen molar-refractivity contribution in [1.29, 1.82) is 5.26 Å². The Morgan fingerprint density at radius 2 is 1.70 bits per heavy atom. The number of likely N-dealkylation sites (N-methyl/N-ethyl adjacent to an activating group) is 1. The first kappa shape index (κ1) is 27.1. The van der Waals surface area contributed by atoms with Crippen molar-refractivity contribution >= 4 is 23.2 Å². The fourth-order valence-electron chi connectivity index (χ4n) is 6.84. The summed E-state index contributed by atoms with van der Waals surface area (Å²) in [7, 11) is 2.95. The second-order valence-corrected chi connectivity index (χ2v) is 11.1. The van der Waals surface area contributed by atoms with Gasteiger partial charge in [0.25, 0.3) is 5.91 Å². The fraction of sp³-hybridized carbons (Fsp3) is 0.310. The van der Waals surface area contributed by atoms with Gasteiger partial charge in [-0.2, -0.15) is 5.26 Å². The number of nitrogens with zero attached hydrogens (tertiary/aromatic N) is 2. The molecule has 0 unspecified atom stereocenters. The van der Waals surface area contributed by atoms with E-state index in [0.29, 0.717) is 11.1 Å². The molecule has 0 saturated heterocycles. The van der Waals surface area contributed by atoms with E-state index in [2.05, 4.69) is 0 Å². The van der Waals surface area contributed by atoms with Crippen LogP contribution in [-0.2, 0) is 20.8 Å². The number of hydrogen-bond acceptors (Lipinski definition) is 10. The molecule has 11 nitrogen and oxygen atoms in total. The number of carbonyl (C=O) groups excluding carboxylic acids is 3. The number of rotatable bonds is 3. The topological polar surface area (TPSA) is 217 Å². The summed E-state index contributed by atoms with van der Waals surface area (Å²) in [6.07, 6.45) is -0.529. The first-order chi connectivity index (χ1) is 18.7. The lowest BCUT2D eigenvalue weighted by Gasteiger charge is -2.58. The molecule has 0 bridgehead atoms. The highest BCUT2D eigenvalue weighted by molar-refractivity contribution is 6.25. The van der Waals surface area contributed by atoms with Gasteiger partial charge in [-0.05, 0) is 56.6 Å². The minimum atomic E-state index is -2.69. The van der Waals surface area contributed by atoms with E-state index in [1.807, 2.05) is 31.2 Å². The minimum absolute atomic E-state index is 0.0465. The van der Waals surface area contributed by atoms with Gasteiger partial charge in [0.1, 0.15) is 22.8 Å². The van der Waals surface area contributed by atoms with Crippen molar-refractivity contribution in [2.75, 3.05) is 14.1 Å². The molecule has 0 aromatic heterocycles. The number of hydrogen-bond donors (Lipinski definition) is 6. The molecule has 4 atom stereocenters. The Bertz CT molecular complexity index is 1640. The summed E-state index contributed by atoms with van der Waals surface area (Å²) >= 11 is 0. The van der Waals surface area contributed by atoms with Crippen LogP contribution in [0.25, 0.3) is 16.9 Å². The van der Waals surface area contributed by atoms with E-state index in [1.165, 1.54) is 25.1 Å². The highest BCUT2D eigenvalue weighted by Gasteiger charge is 2.74. The second kappa shape index (κ2) is 8.50. The van der Waals surface area contributed by atoms with Crippen molar-refractivity contribution in [2.45, 2.75) is 36.9 Å². The molecule has 0 spiro atoms. The smallest absolute Gasteiger partial charge is 0.255 e. The number of nitrogens with two attached hydrogens (primary N) is 3. The maximum absolute atomic E-state index is 14.4. The first-order valence-electron chi connectivity index (χ1n) is 12.5. The summed E-state index contributed by atoms with van der Waals surface area (Å²) in [6, 6.07) is 10.9. The van der Waals surface area contributed by atoms with Crippen LogP contribution < -0.4 is 17.2 Å². The van der Waals surface area contributed by atoms with Crippen molar-refractivity contribution in [3.8, 4) is 22.9 Å². The number of aryl methyl sites for hydroxylation is 1. The fourth-order valence-corrected chi connectivity index (χ4v) is 6.84. The van der Waals surface area contributed by atoms with Crippen LogP contribution in [0.15, 0.2) is 53.3 Å². The van der Waals surface area contributed by atoms with Gasteiger partial charge in [0.05, 0.1) is 34.3 Å². The van der Waals surface area contributed by atoms with Crippen LogP contribution in [0.3, 0.4) is 0 Å². The SMILES string of the molecule is Cc1ccc(-c2ccc(O)c3c2C[C@@]2(N)C[C@@]4(N)[C@H](N(C)C)C(=O)C(C(N)=O)=C(O)[C@@]4(C#N)C(=O)C2=C3O)cc1. The van der Waals surface area contributed by atoms with Gasteiger partial charge >= 0.3 is 0 Å². The van der Waals surface area contributed by atoms with E-state index in [0.717, 1.165) is 11.1 Å². The molecule has 2 aromatic rings. The zero-order chi connectivity index (χ0) is 29.5. The molecular formula is C29H29N5O6. The Morgan fingerprint density at radius 3 is 2.25 bits per heavy atom. The minimum Gasteiger partial charge on any atom is -0.509 e. The Kier molecular flexibility index (Phi) is 5.75. The number of phenolic OH excluding ortho intramolecular Hbond substituents is 1. The number of fused-ring (bicyclic) bond motifs is 3. The Balaban J connectivity index is 1.86. The zero-order valence-corrected chi connectivity index (χ0v) is 22.1. The number of Topliss-reactive ketones (excluding diaryl/α,β-unsaturated/α-hetero) is 2. The number of aliphatic hydroxyl groups excluding tert-OH is 2. The number of ketones is 2. The summed E-state index contributed by atoms with van der Waals surface area (Å²) in [6.45, 7) is 1.93. The summed E-state index contributed by atoms with van der Waals surface area (Å²) in [5.74, 6) is -5.65. The van der Waals surface area contributed by atoms with Crippen LogP contribution in [0.1, 0.15) is 23.1 Å². The van der Waals surface area contributed by atoms with Gasteiger partial charge in [0.2, 0.25) is 0 Å². The van der Waals surface area contributed by atoms with Crippen molar-refractivity contribution in [2.24, 2.45) is 22.6 Å². The highest BCUT2D eigenvalue weighted by atomic mass is 16.3. The Morgan fingerprint density at radius 1 is 1.07 bits per heavy atom. The Labute approximate surface area is 229 Å². The number of primary amides is 1. The van der Waals surface area contributed by atoms with Crippen molar-refractivity contribution < 1.29 is 29.7 Å². The number of carbonyl (C=O) groups is 3. The van der Waals surface area contributed by atoms with Gasteiger partial charge in [-0.1, -0.05) is 35.9 Å². The van der Waals surface area contributed by atoms with E-state index in [1.54, 1.807) is 12.1 Å². The van der Waals surface area contributed by atoms with E-state index < -0.39 is 69.1 Å². The molecule has 1 saturated carbocycles. The molecule has 3 aliphatic carbocycles. The molecule has 0 heterocycles. The van der Waals surface area contributed by atoms with Crippen LogP contribution in [0.2, 0.25) is 0 Å². The third-order valence-corrected chi connectivity index (χ3v) is 8.50. The number of aromatic hydroxyl groups is 1. The van der Waals surface area contributed by atoms with Gasteiger partial charge < -0.3 is 32.5 Å². The van der Waals surface area contributed by atoms with Crippen molar-refractivity contribution in [3.05, 3.63) is 70.0 Å². The molecule has 0 radical (unpaired) electrons. The third-order valence-electron chi connectivity index (χ3n) is 8.50. The van der Waals surface area contributed by atoms with Crippen molar-refractivity contribution in [1.82, 2.24) is 4.90 Å². The summed E-state index contributed by atoms with van der Waals surface area (Å²) < 4.78 is 0. The van der Waals surface area contributed by atoms with E-state index in [-0.39, 0.29) is 17.7 Å². The lowest BCUT2D eigenvalue weighted by molar-refractivity contribution is -0.139.